The van der Waals surface area contributed by atoms with Crippen LogP contribution in [0.1, 0.15) is 11.1 Å². The van der Waals surface area contributed by atoms with Crippen molar-refractivity contribution in [3.8, 4) is 11.9 Å². The van der Waals surface area contributed by atoms with Gasteiger partial charge in [0.2, 0.25) is 11.3 Å². The van der Waals surface area contributed by atoms with Crippen LogP contribution in [0.4, 0.5) is 0 Å². The van der Waals surface area contributed by atoms with Crippen molar-refractivity contribution in [2.45, 2.75) is 10.6 Å². The van der Waals surface area contributed by atoms with Gasteiger partial charge in [0.1, 0.15) is 16.7 Å². The van der Waals surface area contributed by atoms with Crippen LogP contribution < -0.4 is 10.2 Å². The number of nitrogens with one attached hydrogen (secondary N) is 1. The van der Waals surface area contributed by atoms with Gasteiger partial charge in [-0.2, -0.15) is 5.26 Å². The fourth-order valence-corrected chi connectivity index (χ4v) is 3.23. The quantitative estimate of drug-likeness (QED) is 0.897. The van der Waals surface area contributed by atoms with Crippen molar-refractivity contribution in [1.82, 2.24) is 9.97 Å². The van der Waals surface area contributed by atoms with Crippen molar-refractivity contribution in [2.24, 2.45) is 0 Å². The maximum atomic E-state index is 12.3. The highest BCUT2D eigenvalue weighted by molar-refractivity contribution is 7.90. The van der Waals surface area contributed by atoms with Crippen LogP contribution in [0.3, 0.4) is 0 Å². The highest BCUT2D eigenvalue weighted by atomic mass is 35.5. The Morgan fingerprint density at radius 3 is 2.82 bits per heavy atom. The molecule has 7 nitrogen and oxygen atoms in total. The maximum absolute atomic E-state index is 12.3. The molecule has 0 atom stereocenters. The van der Waals surface area contributed by atoms with Crippen LogP contribution in [-0.2, 0) is 15.6 Å². The van der Waals surface area contributed by atoms with Gasteiger partial charge >= 0.3 is 0 Å². The Labute approximate surface area is 131 Å². The molecule has 0 radical (unpaired) electrons. The van der Waals surface area contributed by atoms with Crippen LogP contribution in [0.5, 0.6) is 5.88 Å². The zero-order valence-corrected chi connectivity index (χ0v) is 12.9. The Hall–Kier alpha value is -2.37. The molecule has 0 unspecified atom stereocenters. The number of H-pyrrole nitrogens is 1. The molecule has 2 heterocycles. The number of pyridine rings is 2. The van der Waals surface area contributed by atoms with Gasteiger partial charge in [-0.15, -0.1) is 0 Å². The Morgan fingerprint density at radius 2 is 2.18 bits per heavy atom. The van der Waals surface area contributed by atoms with Crippen molar-refractivity contribution >= 4 is 21.4 Å². The molecule has 2 aromatic heterocycles. The largest absolute Gasteiger partial charge is 0.480 e. The minimum absolute atomic E-state index is 0.00169. The minimum Gasteiger partial charge on any atom is -0.480 e. The zero-order chi connectivity index (χ0) is 16.3. The second-order valence-electron chi connectivity index (χ2n) is 4.26. The number of sulfone groups is 1. The van der Waals surface area contributed by atoms with Crippen LogP contribution in [0.25, 0.3) is 0 Å². The van der Waals surface area contributed by atoms with Gasteiger partial charge in [-0.1, -0.05) is 11.6 Å². The summed E-state index contributed by atoms with van der Waals surface area (Å²) in [5.41, 5.74) is -0.573. The van der Waals surface area contributed by atoms with E-state index in [4.69, 9.17) is 21.6 Å². The van der Waals surface area contributed by atoms with E-state index in [1.807, 2.05) is 0 Å². The first-order valence-electron chi connectivity index (χ1n) is 5.91. The van der Waals surface area contributed by atoms with E-state index in [0.29, 0.717) is 0 Å². The molecule has 0 saturated heterocycles. The van der Waals surface area contributed by atoms with Crippen molar-refractivity contribution in [3.63, 3.8) is 0 Å². The number of ether oxygens (including phenoxy) is 1. The van der Waals surface area contributed by atoms with Crippen LogP contribution in [0.2, 0.25) is 5.02 Å². The molecule has 114 valence electrons. The summed E-state index contributed by atoms with van der Waals surface area (Å²) >= 11 is 5.67. The molecule has 0 fully saturated rings. The van der Waals surface area contributed by atoms with Crippen LogP contribution in [0.15, 0.2) is 34.3 Å². The molecule has 0 aromatic carbocycles. The molecule has 0 bridgehead atoms. The zero-order valence-electron chi connectivity index (χ0n) is 11.3. The minimum atomic E-state index is -3.86. The fraction of sp³-hybridized carbons (Fsp3) is 0.154. The predicted octanol–water partition coefficient (Wildman–Crippen LogP) is 1.28. The van der Waals surface area contributed by atoms with Gasteiger partial charge in [-0.05, 0) is 6.07 Å². The highest BCUT2D eigenvalue weighted by Crippen LogP contribution is 2.21. The topological polar surface area (TPSA) is 113 Å². The Morgan fingerprint density at radius 1 is 1.45 bits per heavy atom. The summed E-state index contributed by atoms with van der Waals surface area (Å²) < 4.78 is 29.5. The number of aromatic nitrogens is 2. The molecule has 2 rings (SSSR count). The average molecular weight is 340 g/mol. The molecule has 1 N–H and O–H groups in total. The van der Waals surface area contributed by atoms with E-state index in [9.17, 15) is 13.2 Å². The molecule has 0 aliphatic heterocycles. The van der Waals surface area contributed by atoms with Crippen LogP contribution in [0, 0.1) is 11.3 Å². The van der Waals surface area contributed by atoms with E-state index < -0.39 is 21.0 Å². The normalized spacial score (nSPS) is 11.0. The third-order valence-electron chi connectivity index (χ3n) is 2.82. The van der Waals surface area contributed by atoms with Crippen LogP contribution in [-0.4, -0.2) is 25.5 Å². The lowest BCUT2D eigenvalue weighted by atomic mass is 10.3. The lowest BCUT2D eigenvalue weighted by molar-refractivity contribution is 0.395. The average Bonchev–Trinajstić information content (AvgIpc) is 2.51. The second kappa shape index (κ2) is 6.17. The van der Waals surface area contributed by atoms with Gasteiger partial charge in [-0.25, -0.2) is 13.4 Å². The molecular weight excluding hydrogens is 330 g/mol. The number of rotatable bonds is 4. The first-order chi connectivity index (χ1) is 10.4. The Bertz CT molecular complexity index is 916. The van der Waals surface area contributed by atoms with E-state index in [1.54, 1.807) is 6.07 Å². The lowest BCUT2D eigenvalue weighted by Gasteiger charge is -2.06. The highest BCUT2D eigenvalue weighted by Gasteiger charge is 2.20. The maximum Gasteiger partial charge on any atom is 0.231 e. The number of aromatic amines is 1. The molecule has 0 amide bonds. The van der Waals surface area contributed by atoms with Crippen molar-refractivity contribution < 1.29 is 13.2 Å². The third kappa shape index (κ3) is 3.10. The SMILES string of the molecule is COc1ncc(S(=O)(=O)Cc2c[nH]cc(Cl)c2=O)cc1C#N. The summed E-state index contributed by atoms with van der Waals surface area (Å²) in [6.45, 7) is 0. The van der Waals surface area contributed by atoms with Gasteiger partial charge in [-0.3, -0.25) is 4.79 Å². The summed E-state index contributed by atoms with van der Waals surface area (Å²) in [7, 11) is -2.54. The Balaban J connectivity index is 2.46. The van der Waals surface area contributed by atoms with Gasteiger partial charge in [0.05, 0.1) is 17.8 Å². The van der Waals surface area contributed by atoms with E-state index in [1.165, 1.54) is 19.5 Å². The second-order valence-corrected chi connectivity index (χ2v) is 6.65. The first-order valence-corrected chi connectivity index (χ1v) is 7.94. The van der Waals surface area contributed by atoms with E-state index >= 15 is 0 Å². The molecule has 9 heteroatoms. The molecule has 0 aliphatic rings. The van der Waals surface area contributed by atoms with E-state index in [0.717, 1.165) is 12.3 Å². The summed E-state index contributed by atoms with van der Waals surface area (Å²) in [5.74, 6) is -0.524. The summed E-state index contributed by atoms with van der Waals surface area (Å²) in [6.07, 6.45) is 3.62. The first kappa shape index (κ1) is 16.0. The third-order valence-corrected chi connectivity index (χ3v) is 4.73. The number of hydrogen-bond acceptors (Lipinski definition) is 6. The number of halogens is 1. The number of nitriles is 1. The molecule has 0 spiro atoms. The Kier molecular flexibility index (Phi) is 4.49. The number of methoxy groups -OCH3 is 1. The molecule has 22 heavy (non-hydrogen) atoms. The lowest BCUT2D eigenvalue weighted by Crippen LogP contribution is -2.15. The van der Waals surface area contributed by atoms with Crippen molar-refractivity contribution in [2.75, 3.05) is 7.11 Å². The predicted molar refractivity (Wildman–Crippen MR) is 78.5 cm³/mol. The van der Waals surface area contributed by atoms with Gasteiger partial charge < -0.3 is 9.72 Å². The van der Waals surface area contributed by atoms with Gasteiger partial charge in [0, 0.05) is 24.2 Å². The van der Waals surface area contributed by atoms with Crippen molar-refractivity contribution in [1.29, 1.82) is 5.26 Å². The van der Waals surface area contributed by atoms with Gasteiger partial charge in [0.25, 0.3) is 0 Å². The van der Waals surface area contributed by atoms with Gasteiger partial charge in [0.15, 0.2) is 9.84 Å². The molecular formula is C13H10ClN3O4S. The standard InChI is InChI=1S/C13H10ClN3O4S/c1-21-13-8(3-15)2-10(5-17-13)22(19,20)7-9-4-16-6-11(14)12(9)18/h2,4-6H,7H2,1H3,(H,16,18). The monoisotopic (exact) mass is 339 g/mol. The number of nitrogens with zero attached hydrogens (tertiary/aromatic N) is 2. The smallest absolute Gasteiger partial charge is 0.231 e. The fourth-order valence-electron chi connectivity index (χ4n) is 1.74. The van der Waals surface area contributed by atoms with Crippen LogP contribution >= 0.6 is 11.6 Å². The summed E-state index contributed by atoms with van der Waals surface area (Å²) in [4.78, 5) is 18.0. The summed E-state index contributed by atoms with van der Waals surface area (Å²) in [5, 5.41) is 8.87. The number of hydrogen-bond donors (Lipinski definition) is 1. The van der Waals surface area contributed by atoms with Crippen molar-refractivity contribution in [3.05, 3.63) is 51.0 Å². The molecule has 0 aliphatic carbocycles. The van der Waals surface area contributed by atoms with E-state index in [-0.39, 0.29) is 26.9 Å². The molecule has 0 saturated carbocycles. The van der Waals surface area contributed by atoms with E-state index in [2.05, 4.69) is 9.97 Å². The molecule has 2 aromatic rings. The summed E-state index contributed by atoms with van der Waals surface area (Å²) in [6, 6.07) is 2.96.